The highest BCUT2D eigenvalue weighted by molar-refractivity contribution is 5.74. The summed E-state index contributed by atoms with van der Waals surface area (Å²) >= 11 is 0. The van der Waals surface area contributed by atoms with Crippen molar-refractivity contribution in [3.05, 3.63) is 0 Å². The lowest BCUT2D eigenvalue weighted by atomic mass is 9.76. The first kappa shape index (κ1) is 12.7. The fourth-order valence-corrected chi connectivity index (χ4v) is 3.03. The molecule has 0 unspecified atom stereocenters. The minimum absolute atomic E-state index is 0.0570. The van der Waals surface area contributed by atoms with Gasteiger partial charge in [-0.3, -0.25) is 0 Å². The van der Waals surface area contributed by atoms with Crippen LogP contribution in [-0.2, 0) is 0 Å². The van der Waals surface area contributed by atoms with Crippen molar-refractivity contribution in [2.45, 2.75) is 77.3 Å². The summed E-state index contributed by atoms with van der Waals surface area (Å²) in [5.74, 6) is 0. The van der Waals surface area contributed by atoms with Crippen LogP contribution in [-0.4, -0.2) is 18.1 Å². The first-order chi connectivity index (χ1) is 8.05. The summed E-state index contributed by atoms with van der Waals surface area (Å²) in [7, 11) is 0. The topological polar surface area (TPSA) is 41.1 Å². The maximum absolute atomic E-state index is 11.8. The van der Waals surface area contributed by atoms with Gasteiger partial charge in [0.2, 0.25) is 0 Å². The van der Waals surface area contributed by atoms with Crippen LogP contribution in [0.4, 0.5) is 4.79 Å². The van der Waals surface area contributed by atoms with E-state index in [-0.39, 0.29) is 6.03 Å². The number of rotatable bonds is 2. The molecule has 98 valence electrons. The highest BCUT2D eigenvalue weighted by Crippen LogP contribution is 2.34. The zero-order chi connectivity index (χ0) is 12.3. The highest BCUT2D eigenvalue weighted by atomic mass is 16.2. The second kappa shape index (κ2) is 5.28. The van der Waals surface area contributed by atoms with Crippen molar-refractivity contribution in [1.29, 1.82) is 0 Å². The molecule has 2 N–H and O–H groups in total. The third-order valence-electron chi connectivity index (χ3n) is 4.36. The van der Waals surface area contributed by atoms with E-state index in [9.17, 15) is 4.79 Å². The smallest absolute Gasteiger partial charge is 0.315 e. The number of carbonyl (C=O) groups is 1. The summed E-state index contributed by atoms with van der Waals surface area (Å²) in [5.41, 5.74) is 0.472. The molecule has 2 saturated carbocycles. The molecule has 3 heteroatoms. The van der Waals surface area contributed by atoms with Crippen LogP contribution in [0.2, 0.25) is 0 Å². The Morgan fingerprint density at radius 2 is 1.41 bits per heavy atom. The molecule has 0 aromatic rings. The van der Waals surface area contributed by atoms with Crippen LogP contribution < -0.4 is 10.6 Å². The molecule has 0 aliphatic heterocycles. The van der Waals surface area contributed by atoms with Crippen LogP contribution in [0.1, 0.15) is 65.2 Å². The van der Waals surface area contributed by atoms with E-state index in [0.29, 0.717) is 17.5 Å². The van der Waals surface area contributed by atoms with Gasteiger partial charge < -0.3 is 10.6 Å². The van der Waals surface area contributed by atoms with Gasteiger partial charge >= 0.3 is 6.03 Å². The third-order valence-corrected chi connectivity index (χ3v) is 4.36. The van der Waals surface area contributed by atoms with Gasteiger partial charge in [-0.05, 0) is 43.9 Å². The average Bonchev–Trinajstić information content (AvgIpc) is 2.74. The van der Waals surface area contributed by atoms with Crippen molar-refractivity contribution in [3.8, 4) is 0 Å². The van der Waals surface area contributed by atoms with Crippen molar-refractivity contribution in [2.24, 2.45) is 5.41 Å². The number of hydrogen-bond acceptors (Lipinski definition) is 1. The number of hydrogen-bond donors (Lipinski definition) is 2. The molecular weight excluding hydrogens is 212 g/mol. The predicted molar refractivity (Wildman–Crippen MR) is 70.0 cm³/mol. The maximum Gasteiger partial charge on any atom is 0.315 e. The summed E-state index contributed by atoms with van der Waals surface area (Å²) in [6.45, 7) is 4.64. The van der Waals surface area contributed by atoms with E-state index in [0.717, 1.165) is 25.7 Å². The van der Waals surface area contributed by atoms with Crippen molar-refractivity contribution in [3.63, 3.8) is 0 Å². The van der Waals surface area contributed by atoms with Crippen LogP contribution in [0, 0.1) is 5.41 Å². The summed E-state index contributed by atoms with van der Waals surface area (Å²) in [5, 5.41) is 6.23. The van der Waals surface area contributed by atoms with Crippen LogP contribution in [0.15, 0.2) is 0 Å². The van der Waals surface area contributed by atoms with E-state index in [2.05, 4.69) is 24.5 Å². The highest BCUT2D eigenvalue weighted by Gasteiger charge is 2.28. The molecule has 0 saturated heterocycles. The first-order valence-corrected chi connectivity index (χ1v) is 7.12. The lowest BCUT2D eigenvalue weighted by molar-refractivity contribution is 0.196. The van der Waals surface area contributed by atoms with Crippen LogP contribution >= 0.6 is 0 Å². The Balaban J connectivity index is 1.68. The second-order valence-electron chi connectivity index (χ2n) is 6.54. The third kappa shape index (κ3) is 3.90. The monoisotopic (exact) mass is 238 g/mol. The van der Waals surface area contributed by atoms with Crippen LogP contribution in [0.5, 0.6) is 0 Å². The summed E-state index contributed by atoms with van der Waals surface area (Å²) in [6.07, 6.45) is 9.56. The van der Waals surface area contributed by atoms with Gasteiger partial charge in [0.05, 0.1) is 0 Å². The van der Waals surface area contributed by atoms with E-state index in [1.54, 1.807) is 0 Å². The van der Waals surface area contributed by atoms with E-state index in [1.165, 1.54) is 25.7 Å². The van der Waals surface area contributed by atoms with E-state index in [4.69, 9.17) is 0 Å². The van der Waals surface area contributed by atoms with Gasteiger partial charge in [-0.1, -0.05) is 26.7 Å². The van der Waals surface area contributed by atoms with Crippen LogP contribution in [0.25, 0.3) is 0 Å². The summed E-state index contributed by atoms with van der Waals surface area (Å²) < 4.78 is 0. The first-order valence-electron chi connectivity index (χ1n) is 7.12. The van der Waals surface area contributed by atoms with Gasteiger partial charge in [-0.25, -0.2) is 4.79 Å². The van der Waals surface area contributed by atoms with E-state index < -0.39 is 0 Å². The Hall–Kier alpha value is -0.730. The second-order valence-corrected chi connectivity index (χ2v) is 6.54. The molecule has 0 bridgehead atoms. The number of carbonyl (C=O) groups excluding carboxylic acids is 1. The molecule has 2 aliphatic rings. The SMILES string of the molecule is CC1(C)CCC(NC(=O)NC2CCCC2)CC1. The Morgan fingerprint density at radius 3 is 1.94 bits per heavy atom. The quantitative estimate of drug-likeness (QED) is 0.762. The van der Waals surface area contributed by atoms with Gasteiger partial charge in [-0.15, -0.1) is 0 Å². The Bertz CT molecular complexity index is 259. The fraction of sp³-hybridized carbons (Fsp3) is 0.929. The summed E-state index contributed by atoms with van der Waals surface area (Å²) in [6, 6.07) is 0.876. The van der Waals surface area contributed by atoms with Crippen molar-refractivity contribution in [2.75, 3.05) is 0 Å². The maximum atomic E-state index is 11.8. The number of amides is 2. The molecule has 2 rings (SSSR count). The zero-order valence-corrected chi connectivity index (χ0v) is 11.2. The van der Waals surface area contributed by atoms with Gasteiger partial charge in [0.15, 0.2) is 0 Å². The van der Waals surface area contributed by atoms with Gasteiger partial charge in [0, 0.05) is 12.1 Å². The van der Waals surface area contributed by atoms with E-state index in [1.807, 2.05) is 0 Å². The molecular formula is C14H26N2O. The molecule has 17 heavy (non-hydrogen) atoms. The Kier molecular flexibility index (Phi) is 3.95. The van der Waals surface area contributed by atoms with Gasteiger partial charge in [0.25, 0.3) is 0 Å². The molecule has 2 amide bonds. The molecule has 2 aliphatic carbocycles. The van der Waals surface area contributed by atoms with Crippen LogP contribution in [0.3, 0.4) is 0 Å². The van der Waals surface area contributed by atoms with Gasteiger partial charge in [-0.2, -0.15) is 0 Å². The normalized spacial score (nSPS) is 25.8. The average molecular weight is 238 g/mol. The molecule has 0 aromatic carbocycles. The number of urea groups is 1. The molecule has 0 atom stereocenters. The minimum Gasteiger partial charge on any atom is -0.335 e. The predicted octanol–water partition coefficient (Wildman–Crippen LogP) is 3.20. The van der Waals surface area contributed by atoms with Crippen molar-refractivity contribution in [1.82, 2.24) is 10.6 Å². The molecule has 0 spiro atoms. The largest absolute Gasteiger partial charge is 0.335 e. The number of nitrogens with one attached hydrogen (secondary N) is 2. The molecule has 2 fully saturated rings. The fourth-order valence-electron chi connectivity index (χ4n) is 3.03. The molecule has 0 heterocycles. The van der Waals surface area contributed by atoms with Gasteiger partial charge in [0.1, 0.15) is 0 Å². The standard InChI is InChI=1S/C14H26N2O/c1-14(2)9-7-12(8-10-14)16-13(17)15-11-5-3-4-6-11/h11-12H,3-10H2,1-2H3,(H2,15,16,17). The minimum atomic E-state index is 0.0570. The Morgan fingerprint density at radius 1 is 0.941 bits per heavy atom. The Labute approximate surface area is 105 Å². The summed E-state index contributed by atoms with van der Waals surface area (Å²) in [4.78, 5) is 11.8. The molecule has 0 radical (unpaired) electrons. The molecule has 0 aromatic heterocycles. The lowest BCUT2D eigenvalue weighted by Gasteiger charge is -2.34. The van der Waals surface area contributed by atoms with Crippen molar-refractivity contribution >= 4 is 6.03 Å². The zero-order valence-electron chi connectivity index (χ0n) is 11.2. The lowest BCUT2D eigenvalue weighted by Crippen LogP contribution is -2.47. The van der Waals surface area contributed by atoms with Crippen molar-refractivity contribution < 1.29 is 4.79 Å². The van der Waals surface area contributed by atoms with E-state index >= 15 is 0 Å². The molecule has 3 nitrogen and oxygen atoms in total.